The smallest absolute Gasteiger partial charge is 0.0667 e. The second kappa shape index (κ2) is 6.81. The molecule has 1 N–H and O–H groups in total. The summed E-state index contributed by atoms with van der Waals surface area (Å²) in [6.45, 7) is 7.15. The lowest BCUT2D eigenvalue weighted by molar-refractivity contribution is 0.0761. The van der Waals surface area contributed by atoms with Gasteiger partial charge >= 0.3 is 0 Å². The number of aliphatic hydroxyl groups is 1. The van der Waals surface area contributed by atoms with E-state index in [2.05, 4.69) is 37.0 Å². The van der Waals surface area contributed by atoms with Gasteiger partial charge in [0.2, 0.25) is 0 Å². The molecule has 86 valence electrons. The molecule has 0 aromatic heterocycles. The number of β-amino-alcohol motifs (C(OH)–C–C–N with tert-alkyl or cyclic N) is 1. The average molecular weight is 209 g/mol. The van der Waals surface area contributed by atoms with Gasteiger partial charge in [0, 0.05) is 13.1 Å². The number of aliphatic hydroxyl groups excluding tert-OH is 1. The van der Waals surface area contributed by atoms with Gasteiger partial charge < -0.3 is 5.11 Å². The van der Waals surface area contributed by atoms with Gasteiger partial charge in [0.05, 0.1) is 6.10 Å². The van der Waals surface area contributed by atoms with E-state index in [-0.39, 0.29) is 6.10 Å². The van der Waals surface area contributed by atoms with Gasteiger partial charge in [-0.15, -0.1) is 0 Å². The van der Waals surface area contributed by atoms with Gasteiger partial charge in [0.1, 0.15) is 0 Å². The van der Waals surface area contributed by atoms with Crippen LogP contribution in [-0.2, 0) is 0 Å². The van der Waals surface area contributed by atoms with Crippen molar-refractivity contribution in [1.29, 1.82) is 0 Å². The van der Waals surface area contributed by atoms with Crippen molar-refractivity contribution in [2.24, 2.45) is 0 Å². The Morgan fingerprint density at radius 2 is 2.33 bits per heavy atom. The van der Waals surface area contributed by atoms with E-state index >= 15 is 0 Å². The third-order valence-electron chi connectivity index (χ3n) is 2.73. The molecule has 0 amide bonds. The quantitative estimate of drug-likeness (QED) is 0.718. The molecule has 0 bridgehead atoms. The number of likely N-dealkylation sites (tertiary alicyclic amines) is 1. The van der Waals surface area contributed by atoms with Crippen molar-refractivity contribution in [1.82, 2.24) is 4.90 Å². The van der Waals surface area contributed by atoms with Gasteiger partial charge in [-0.1, -0.05) is 25.2 Å². The molecule has 1 rings (SSSR count). The summed E-state index contributed by atoms with van der Waals surface area (Å²) < 4.78 is 0. The first-order valence-electron chi connectivity index (χ1n) is 5.98. The van der Waals surface area contributed by atoms with E-state index in [0.29, 0.717) is 0 Å². The molecule has 0 spiro atoms. The van der Waals surface area contributed by atoms with Crippen LogP contribution in [0, 0.1) is 0 Å². The molecule has 0 aromatic rings. The number of nitrogens with zero attached hydrogens (tertiary/aromatic N) is 1. The van der Waals surface area contributed by atoms with Crippen molar-refractivity contribution in [2.45, 2.75) is 39.2 Å². The summed E-state index contributed by atoms with van der Waals surface area (Å²) in [6.07, 6.45) is 9.57. The highest BCUT2D eigenvalue weighted by Crippen LogP contribution is 2.12. The Morgan fingerprint density at radius 1 is 1.53 bits per heavy atom. The van der Waals surface area contributed by atoms with E-state index in [1.54, 1.807) is 0 Å². The van der Waals surface area contributed by atoms with Gasteiger partial charge in [-0.3, -0.25) is 4.90 Å². The summed E-state index contributed by atoms with van der Waals surface area (Å²) in [4.78, 5) is 2.34. The zero-order valence-electron chi connectivity index (χ0n) is 9.95. The van der Waals surface area contributed by atoms with Crippen LogP contribution < -0.4 is 0 Å². The Morgan fingerprint density at radius 3 is 2.93 bits per heavy atom. The molecule has 0 saturated carbocycles. The molecule has 0 unspecified atom stereocenters. The molecule has 1 atom stereocenters. The van der Waals surface area contributed by atoms with E-state index in [4.69, 9.17) is 0 Å². The predicted molar refractivity (Wildman–Crippen MR) is 64.9 cm³/mol. The monoisotopic (exact) mass is 209 g/mol. The summed E-state index contributed by atoms with van der Waals surface area (Å²) in [6, 6.07) is 0. The van der Waals surface area contributed by atoms with Crippen LogP contribution in [0.3, 0.4) is 0 Å². The Kier molecular flexibility index (Phi) is 5.66. The van der Waals surface area contributed by atoms with Crippen LogP contribution in [0.4, 0.5) is 0 Å². The predicted octanol–water partition coefficient (Wildman–Crippen LogP) is 2.36. The van der Waals surface area contributed by atoms with Crippen molar-refractivity contribution in [3.63, 3.8) is 0 Å². The lowest BCUT2D eigenvalue weighted by atomic mass is 10.1. The first-order chi connectivity index (χ1) is 7.26. The van der Waals surface area contributed by atoms with Crippen LogP contribution in [0.5, 0.6) is 0 Å². The van der Waals surface area contributed by atoms with Crippen molar-refractivity contribution < 1.29 is 5.11 Å². The number of rotatable bonds is 4. The third kappa shape index (κ3) is 4.63. The molecule has 2 heteroatoms. The van der Waals surface area contributed by atoms with Crippen LogP contribution in [0.15, 0.2) is 23.8 Å². The highest BCUT2D eigenvalue weighted by Gasteiger charge is 2.17. The van der Waals surface area contributed by atoms with Crippen molar-refractivity contribution in [3.8, 4) is 0 Å². The van der Waals surface area contributed by atoms with Crippen LogP contribution in [0.25, 0.3) is 0 Å². The topological polar surface area (TPSA) is 23.5 Å². The largest absolute Gasteiger partial charge is 0.392 e. The van der Waals surface area contributed by atoms with Gasteiger partial charge in [-0.2, -0.15) is 0 Å². The lowest BCUT2D eigenvalue weighted by Crippen LogP contribution is -2.39. The Labute approximate surface area is 93.3 Å². The first-order valence-corrected chi connectivity index (χ1v) is 5.98. The van der Waals surface area contributed by atoms with Crippen LogP contribution in [0.2, 0.25) is 0 Å². The highest BCUT2D eigenvalue weighted by molar-refractivity contribution is 5.19. The molecule has 1 heterocycles. The third-order valence-corrected chi connectivity index (χ3v) is 2.73. The van der Waals surface area contributed by atoms with Gasteiger partial charge in [-0.25, -0.2) is 0 Å². The lowest BCUT2D eigenvalue weighted by Gasteiger charge is -2.30. The molecular formula is C13H23NO. The SMILES string of the molecule is C/C=C\C(=C/CC)CN1CCC[C@H](O)C1. The van der Waals surface area contributed by atoms with E-state index in [9.17, 15) is 5.11 Å². The number of allylic oxidation sites excluding steroid dienone is 2. The summed E-state index contributed by atoms with van der Waals surface area (Å²) in [5.74, 6) is 0. The molecule has 2 nitrogen and oxygen atoms in total. The summed E-state index contributed by atoms with van der Waals surface area (Å²) in [5, 5.41) is 9.57. The molecule has 0 aromatic carbocycles. The zero-order chi connectivity index (χ0) is 11.1. The van der Waals surface area contributed by atoms with E-state index in [1.807, 2.05) is 0 Å². The first kappa shape index (κ1) is 12.5. The number of hydrogen-bond donors (Lipinski definition) is 1. The summed E-state index contributed by atoms with van der Waals surface area (Å²) in [7, 11) is 0. The maximum absolute atomic E-state index is 9.57. The maximum atomic E-state index is 9.57. The second-order valence-corrected chi connectivity index (χ2v) is 4.22. The molecule has 0 radical (unpaired) electrons. The fourth-order valence-corrected chi connectivity index (χ4v) is 2.09. The molecule has 1 aliphatic heterocycles. The Bertz CT molecular complexity index is 233. The highest BCUT2D eigenvalue weighted by atomic mass is 16.3. The minimum atomic E-state index is -0.118. The average Bonchev–Trinajstić information content (AvgIpc) is 2.18. The summed E-state index contributed by atoms with van der Waals surface area (Å²) >= 11 is 0. The maximum Gasteiger partial charge on any atom is 0.0667 e. The molecule has 1 aliphatic rings. The van der Waals surface area contributed by atoms with Crippen molar-refractivity contribution in [2.75, 3.05) is 19.6 Å². The van der Waals surface area contributed by atoms with Gasteiger partial charge in [-0.05, 0) is 38.3 Å². The van der Waals surface area contributed by atoms with Crippen LogP contribution in [-0.4, -0.2) is 35.7 Å². The fourth-order valence-electron chi connectivity index (χ4n) is 2.09. The van der Waals surface area contributed by atoms with E-state index < -0.39 is 0 Å². The van der Waals surface area contributed by atoms with Gasteiger partial charge in [0.15, 0.2) is 0 Å². The van der Waals surface area contributed by atoms with Gasteiger partial charge in [0.25, 0.3) is 0 Å². The van der Waals surface area contributed by atoms with Crippen LogP contribution in [0.1, 0.15) is 33.1 Å². The Balaban J connectivity index is 2.46. The van der Waals surface area contributed by atoms with Crippen LogP contribution >= 0.6 is 0 Å². The fraction of sp³-hybridized carbons (Fsp3) is 0.692. The zero-order valence-corrected chi connectivity index (χ0v) is 9.95. The normalized spacial score (nSPS) is 25.0. The van der Waals surface area contributed by atoms with E-state index in [1.165, 1.54) is 5.57 Å². The molecule has 1 fully saturated rings. The van der Waals surface area contributed by atoms with Crippen molar-refractivity contribution >= 4 is 0 Å². The molecular weight excluding hydrogens is 186 g/mol. The number of piperidine rings is 1. The number of hydrogen-bond acceptors (Lipinski definition) is 2. The Hall–Kier alpha value is -0.600. The van der Waals surface area contributed by atoms with Crippen molar-refractivity contribution in [3.05, 3.63) is 23.8 Å². The van der Waals surface area contributed by atoms with E-state index in [0.717, 1.165) is 38.9 Å². The minimum absolute atomic E-state index is 0.118. The molecule has 1 saturated heterocycles. The minimum Gasteiger partial charge on any atom is -0.392 e. The molecule has 0 aliphatic carbocycles. The molecule has 15 heavy (non-hydrogen) atoms. The second-order valence-electron chi connectivity index (χ2n) is 4.22. The summed E-state index contributed by atoms with van der Waals surface area (Å²) in [5.41, 5.74) is 1.37. The standard InChI is InChI=1S/C13H23NO/c1-3-6-12(7-4-2)10-14-9-5-8-13(15)11-14/h3,6-7,13,15H,4-5,8-11H2,1-2H3/b6-3-,12-7+/t13-/m0/s1.